The van der Waals surface area contributed by atoms with Crippen LogP contribution in [0.25, 0.3) is 0 Å². The number of benzene rings is 1. The molecule has 1 amide bonds. The van der Waals surface area contributed by atoms with Crippen molar-refractivity contribution in [2.24, 2.45) is 0 Å². The van der Waals surface area contributed by atoms with Gasteiger partial charge < -0.3 is 15.3 Å². The van der Waals surface area contributed by atoms with Gasteiger partial charge in [-0.1, -0.05) is 24.3 Å². The fraction of sp³-hybridized carbons (Fsp3) is 0.588. The summed E-state index contributed by atoms with van der Waals surface area (Å²) in [5.41, 5.74) is 2.66. The van der Waals surface area contributed by atoms with Gasteiger partial charge in [-0.3, -0.25) is 4.79 Å². The standard InChI is InChI=1S/C17H24N2O2.ClH/c1-11-5-3-4-6-15(11)13-7-12(2)19(10-13)17(21)16-8-14(20)9-18-16;/h3-6,12-14,16,18,20H,7-10H2,1-2H3;1H. The third-order valence-electron chi connectivity index (χ3n) is 4.89. The third kappa shape index (κ3) is 3.29. The van der Waals surface area contributed by atoms with E-state index >= 15 is 0 Å². The first-order chi connectivity index (χ1) is 10.1. The Morgan fingerprint density at radius 1 is 1.32 bits per heavy atom. The van der Waals surface area contributed by atoms with Gasteiger partial charge in [0, 0.05) is 25.0 Å². The van der Waals surface area contributed by atoms with Gasteiger partial charge in [0.25, 0.3) is 0 Å². The highest BCUT2D eigenvalue weighted by atomic mass is 35.5. The summed E-state index contributed by atoms with van der Waals surface area (Å²) in [5.74, 6) is 0.576. The molecule has 2 N–H and O–H groups in total. The van der Waals surface area contributed by atoms with Crippen LogP contribution in [-0.2, 0) is 4.79 Å². The zero-order valence-electron chi connectivity index (χ0n) is 13.2. The minimum Gasteiger partial charge on any atom is -0.392 e. The smallest absolute Gasteiger partial charge is 0.240 e. The minimum atomic E-state index is -0.385. The number of halogens is 1. The summed E-state index contributed by atoms with van der Waals surface area (Å²) < 4.78 is 0. The maximum absolute atomic E-state index is 12.6. The van der Waals surface area contributed by atoms with E-state index in [2.05, 4.69) is 43.4 Å². The van der Waals surface area contributed by atoms with Crippen LogP contribution in [0.15, 0.2) is 24.3 Å². The lowest BCUT2D eigenvalue weighted by Gasteiger charge is -2.25. The van der Waals surface area contributed by atoms with Gasteiger partial charge in [-0.25, -0.2) is 0 Å². The fourth-order valence-corrected chi connectivity index (χ4v) is 3.71. The molecule has 2 saturated heterocycles. The van der Waals surface area contributed by atoms with E-state index in [1.807, 2.05) is 4.90 Å². The SMILES string of the molecule is Cc1ccccc1C1CC(C)N(C(=O)C2CC(O)CN2)C1.Cl. The minimum absolute atomic E-state index is 0. The molecule has 5 heteroatoms. The number of aliphatic hydroxyl groups excluding tert-OH is 1. The summed E-state index contributed by atoms with van der Waals surface area (Å²) in [7, 11) is 0. The van der Waals surface area contributed by atoms with Crippen LogP contribution in [0, 0.1) is 6.92 Å². The molecular weight excluding hydrogens is 300 g/mol. The molecule has 3 rings (SSSR count). The molecule has 22 heavy (non-hydrogen) atoms. The fourth-order valence-electron chi connectivity index (χ4n) is 3.71. The Bertz CT molecular complexity index is 537. The average molecular weight is 325 g/mol. The molecule has 0 spiro atoms. The quantitative estimate of drug-likeness (QED) is 0.873. The van der Waals surface area contributed by atoms with E-state index in [9.17, 15) is 9.90 Å². The molecule has 4 atom stereocenters. The van der Waals surface area contributed by atoms with Gasteiger partial charge in [0.15, 0.2) is 0 Å². The second-order valence-electron chi connectivity index (χ2n) is 6.48. The van der Waals surface area contributed by atoms with Crippen molar-refractivity contribution in [2.75, 3.05) is 13.1 Å². The number of β-amino-alcohol motifs (C(OH)–C–C–N with tert-alkyl or cyclic N) is 1. The summed E-state index contributed by atoms with van der Waals surface area (Å²) in [6, 6.07) is 8.51. The van der Waals surface area contributed by atoms with E-state index in [4.69, 9.17) is 0 Å². The number of aryl methyl sites for hydroxylation is 1. The van der Waals surface area contributed by atoms with Crippen molar-refractivity contribution >= 4 is 18.3 Å². The maximum Gasteiger partial charge on any atom is 0.240 e. The van der Waals surface area contributed by atoms with E-state index in [1.165, 1.54) is 11.1 Å². The highest BCUT2D eigenvalue weighted by Gasteiger charge is 2.38. The molecule has 0 radical (unpaired) electrons. The predicted octanol–water partition coefficient (Wildman–Crippen LogP) is 1.84. The number of amides is 1. The summed E-state index contributed by atoms with van der Waals surface area (Å²) in [6.07, 6.45) is 1.17. The van der Waals surface area contributed by atoms with Crippen molar-refractivity contribution < 1.29 is 9.90 Å². The van der Waals surface area contributed by atoms with Crippen LogP contribution in [0.1, 0.15) is 36.8 Å². The van der Waals surface area contributed by atoms with Crippen LogP contribution in [0.5, 0.6) is 0 Å². The maximum atomic E-state index is 12.6. The number of carbonyl (C=O) groups is 1. The molecule has 4 nitrogen and oxygen atoms in total. The van der Waals surface area contributed by atoms with Crippen LogP contribution in [0.4, 0.5) is 0 Å². The van der Waals surface area contributed by atoms with Gasteiger partial charge in [-0.15, -0.1) is 12.4 Å². The van der Waals surface area contributed by atoms with E-state index in [-0.39, 0.29) is 36.5 Å². The van der Waals surface area contributed by atoms with E-state index in [1.54, 1.807) is 0 Å². The Hall–Kier alpha value is -1.10. The molecule has 0 bridgehead atoms. The summed E-state index contributed by atoms with van der Waals surface area (Å²) in [4.78, 5) is 14.6. The number of hydrogen-bond donors (Lipinski definition) is 2. The largest absolute Gasteiger partial charge is 0.392 e. The van der Waals surface area contributed by atoms with Crippen LogP contribution >= 0.6 is 12.4 Å². The third-order valence-corrected chi connectivity index (χ3v) is 4.89. The van der Waals surface area contributed by atoms with Gasteiger partial charge in [0.2, 0.25) is 5.91 Å². The number of nitrogens with zero attached hydrogens (tertiary/aromatic N) is 1. The number of likely N-dealkylation sites (tertiary alicyclic amines) is 1. The Kier molecular flexibility index (Phi) is 5.48. The number of hydrogen-bond acceptors (Lipinski definition) is 3. The lowest BCUT2D eigenvalue weighted by atomic mass is 9.93. The lowest BCUT2D eigenvalue weighted by Crippen LogP contribution is -2.45. The molecule has 122 valence electrons. The van der Waals surface area contributed by atoms with Gasteiger partial charge >= 0.3 is 0 Å². The van der Waals surface area contributed by atoms with Crippen molar-refractivity contribution in [3.05, 3.63) is 35.4 Å². The zero-order chi connectivity index (χ0) is 15.0. The first kappa shape index (κ1) is 17.3. The summed E-state index contributed by atoms with van der Waals surface area (Å²) in [5, 5.41) is 12.7. The summed E-state index contributed by atoms with van der Waals surface area (Å²) >= 11 is 0. The van der Waals surface area contributed by atoms with Gasteiger partial charge in [-0.05, 0) is 37.8 Å². The topological polar surface area (TPSA) is 52.6 Å². The van der Waals surface area contributed by atoms with E-state index < -0.39 is 0 Å². The number of carbonyl (C=O) groups excluding carboxylic acids is 1. The van der Waals surface area contributed by atoms with Crippen molar-refractivity contribution in [3.8, 4) is 0 Å². The molecule has 0 aromatic heterocycles. The molecule has 2 aliphatic heterocycles. The van der Waals surface area contributed by atoms with Crippen LogP contribution in [-0.4, -0.2) is 47.2 Å². The van der Waals surface area contributed by atoms with Crippen molar-refractivity contribution in [3.63, 3.8) is 0 Å². The number of rotatable bonds is 2. The van der Waals surface area contributed by atoms with Gasteiger partial charge in [-0.2, -0.15) is 0 Å². The first-order valence-electron chi connectivity index (χ1n) is 7.83. The number of aliphatic hydroxyl groups is 1. The van der Waals surface area contributed by atoms with Crippen molar-refractivity contribution in [1.82, 2.24) is 10.2 Å². The molecule has 0 aliphatic carbocycles. The van der Waals surface area contributed by atoms with Crippen LogP contribution in [0.2, 0.25) is 0 Å². The molecule has 1 aromatic rings. The highest BCUT2D eigenvalue weighted by molar-refractivity contribution is 5.85. The van der Waals surface area contributed by atoms with Crippen LogP contribution in [0.3, 0.4) is 0 Å². The molecule has 0 saturated carbocycles. The van der Waals surface area contributed by atoms with Crippen molar-refractivity contribution in [1.29, 1.82) is 0 Å². The van der Waals surface area contributed by atoms with E-state index in [0.29, 0.717) is 18.9 Å². The zero-order valence-corrected chi connectivity index (χ0v) is 14.0. The number of nitrogens with one attached hydrogen (secondary N) is 1. The Labute approximate surface area is 138 Å². The summed E-state index contributed by atoms with van der Waals surface area (Å²) in [6.45, 7) is 5.58. The second-order valence-corrected chi connectivity index (χ2v) is 6.48. The highest BCUT2D eigenvalue weighted by Crippen LogP contribution is 2.33. The molecule has 2 fully saturated rings. The molecule has 2 aliphatic rings. The predicted molar refractivity (Wildman–Crippen MR) is 89.4 cm³/mol. The van der Waals surface area contributed by atoms with Gasteiger partial charge in [0.1, 0.15) is 0 Å². The monoisotopic (exact) mass is 324 g/mol. The first-order valence-corrected chi connectivity index (χ1v) is 7.83. The normalized spacial score (nSPS) is 31.1. The Balaban J connectivity index is 0.00000176. The van der Waals surface area contributed by atoms with Crippen LogP contribution < -0.4 is 5.32 Å². The molecular formula is C17H25ClN2O2. The van der Waals surface area contributed by atoms with Crippen molar-refractivity contribution in [2.45, 2.75) is 50.8 Å². The van der Waals surface area contributed by atoms with Gasteiger partial charge in [0.05, 0.1) is 12.1 Å². The molecule has 1 aromatic carbocycles. The average Bonchev–Trinajstić information content (AvgIpc) is 3.05. The Morgan fingerprint density at radius 3 is 2.68 bits per heavy atom. The molecule has 2 heterocycles. The lowest BCUT2D eigenvalue weighted by molar-refractivity contribution is -0.133. The Morgan fingerprint density at radius 2 is 2.05 bits per heavy atom. The molecule has 4 unspecified atom stereocenters. The van der Waals surface area contributed by atoms with E-state index in [0.717, 1.165) is 13.0 Å². The second kappa shape index (κ2) is 6.99.